The highest BCUT2D eigenvalue weighted by Crippen LogP contribution is 2.34. The average molecular weight is 473 g/mol. The summed E-state index contributed by atoms with van der Waals surface area (Å²) in [6.07, 6.45) is 2.05. The van der Waals surface area contributed by atoms with Gasteiger partial charge >= 0.3 is 6.03 Å². The van der Waals surface area contributed by atoms with E-state index in [-0.39, 0.29) is 12.6 Å². The molecule has 1 aliphatic heterocycles. The lowest BCUT2D eigenvalue weighted by molar-refractivity contribution is 0.203. The lowest BCUT2D eigenvalue weighted by Gasteiger charge is -2.33. The van der Waals surface area contributed by atoms with Gasteiger partial charge in [-0.05, 0) is 60.7 Å². The molecule has 4 aromatic rings. The Morgan fingerprint density at radius 2 is 1.74 bits per heavy atom. The first-order valence-corrected chi connectivity index (χ1v) is 12.5. The first-order chi connectivity index (χ1) is 16.7. The third kappa shape index (κ3) is 5.05. The third-order valence-corrected chi connectivity index (χ3v) is 7.40. The zero-order chi connectivity index (χ0) is 23.3. The Bertz CT molecular complexity index is 1230. The minimum absolute atomic E-state index is 0.247. The Labute approximate surface area is 203 Å². The van der Waals surface area contributed by atoms with Crippen LogP contribution in [0.2, 0.25) is 0 Å². The van der Waals surface area contributed by atoms with Gasteiger partial charge in [-0.25, -0.2) is 9.78 Å². The monoisotopic (exact) mass is 472 g/mol. The van der Waals surface area contributed by atoms with Gasteiger partial charge in [-0.3, -0.25) is 0 Å². The van der Waals surface area contributed by atoms with Crippen LogP contribution in [0.5, 0.6) is 0 Å². The first-order valence-electron chi connectivity index (χ1n) is 11.6. The standard InChI is InChI=1S/C27H28N4O2S/c32-18-20-13-15-31(16-14-20)21-11-9-19(10-12-21)17-28-27(33)30-23-6-2-1-5-22(23)26-29-24-7-3-4-8-25(24)34-26/h1-12,20,32H,13-18H2,(H2,28,30,33). The molecule has 1 aromatic heterocycles. The van der Waals surface area contributed by atoms with Crippen LogP contribution in [-0.4, -0.2) is 35.8 Å². The molecule has 34 heavy (non-hydrogen) atoms. The number of aliphatic hydroxyl groups is 1. The number of carbonyl (C=O) groups excluding carboxylic acids is 1. The SMILES string of the molecule is O=C(NCc1ccc(N2CCC(CO)CC2)cc1)Nc1ccccc1-c1nc2ccccc2s1. The summed E-state index contributed by atoms with van der Waals surface area (Å²) >= 11 is 1.62. The van der Waals surface area contributed by atoms with Crippen molar-refractivity contribution in [3.05, 3.63) is 78.4 Å². The van der Waals surface area contributed by atoms with E-state index in [1.165, 1.54) is 5.69 Å². The predicted octanol–water partition coefficient (Wildman–Crippen LogP) is 5.49. The van der Waals surface area contributed by atoms with E-state index in [9.17, 15) is 9.90 Å². The number of urea groups is 1. The molecule has 1 saturated heterocycles. The van der Waals surface area contributed by atoms with Crippen LogP contribution in [0.1, 0.15) is 18.4 Å². The number of aromatic nitrogens is 1. The molecule has 0 radical (unpaired) electrons. The number of piperidine rings is 1. The molecule has 3 N–H and O–H groups in total. The maximum Gasteiger partial charge on any atom is 0.319 e. The van der Waals surface area contributed by atoms with Crippen LogP contribution in [0.4, 0.5) is 16.2 Å². The fourth-order valence-corrected chi connectivity index (χ4v) is 5.32. The molecule has 2 heterocycles. The second-order valence-corrected chi connectivity index (χ2v) is 9.65. The molecule has 174 valence electrons. The van der Waals surface area contributed by atoms with Crippen molar-refractivity contribution >= 4 is 39.0 Å². The molecule has 0 aliphatic carbocycles. The highest BCUT2D eigenvalue weighted by atomic mass is 32.1. The number of anilines is 2. The zero-order valence-electron chi connectivity index (χ0n) is 18.9. The molecule has 0 unspecified atom stereocenters. The number of benzene rings is 3. The molecular formula is C27H28N4O2S. The third-order valence-electron chi connectivity index (χ3n) is 6.33. The quantitative estimate of drug-likeness (QED) is 0.347. The van der Waals surface area contributed by atoms with Crippen molar-refractivity contribution in [3.8, 4) is 10.6 Å². The van der Waals surface area contributed by atoms with E-state index < -0.39 is 0 Å². The second-order valence-electron chi connectivity index (χ2n) is 8.62. The van der Waals surface area contributed by atoms with Gasteiger partial charge in [0.2, 0.25) is 0 Å². The molecule has 0 bridgehead atoms. The summed E-state index contributed by atoms with van der Waals surface area (Å²) in [6, 6.07) is 23.9. The average Bonchev–Trinajstić information content (AvgIpc) is 3.32. The lowest BCUT2D eigenvalue weighted by Crippen LogP contribution is -2.34. The van der Waals surface area contributed by atoms with Gasteiger partial charge in [0, 0.05) is 37.5 Å². The Morgan fingerprint density at radius 3 is 2.50 bits per heavy atom. The fraction of sp³-hybridized carbons (Fsp3) is 0.259. The van der Waals surface area contributed by atoms with Crippen LogP contribution in [0.15, 0.2) is 72.8 Å². The van der Waals surface area contributed by atoms with Crippen molar-refractivity contribution in [2.45, 2.75) is 19.4 Å². The smallest absolute Gasteiger partial charge is 0.319 e. The topological polar surface area (TPSA) is 77.5 Å². The largest absolute Gasteiger partial charge is 0.396 e. The minimum Gasteiger partial charge on any atom is -0.396 e. The number of fused-ring (bicyclic) bond motifs is 1. The van der Waals surface area contributed by atoms with Gasteiger partial charge in [0.15, 0.2) is 0 Å². The Morgan fingerprint density at radius 1 is 1.00 bits per heavy atom. The van der Waals surface area contributed by atoms with Gasteiger partial charge in [-0.1, -0.05) is 36.4 Å². The molecular weight excluding hydrogens is 444 g/mol. The van der Waals surface area contributed by atoms with Crippen LogP contribution < -0.4 is 15.5 Å². The summed E-state index contributed by atoms with van der Waals surface area (Å²) in [5, 5.41) is 16.1. The van der Waals surface area contributed by atoms with Gasteiger partial charge in [0.1, 0.15) is 5.01 Å². The number of thiazole rings is 1. The molecule has 3 aromatic carbocycles. The number of amides is 2. The number of nitrogens with one attached hydrogen (secondary N) is 2. The van der Waals surface area contributed by atoms with Gasteiger partial charge < -0.3 is 20.6 Å². The molecule has 0 atom stereocenters. The van der Waals surface area contributed by atoms with Crippen molar-refractivity contribution in [3.63, 3.8) is 0 Å². The maximum atomic E-state index is 12.6. The van der Waals surface area contributed by atoms with Crippen LogP contribution in [-0.2, 0) is 6.54 Å². The fourth-order valence-electron chi connectivity index (χ4n) is 4.31. The number of rotatable bonds is 6. The first kappa shape index (κ1) is 22.4. The Hall–Kier alpha value is -3.42. The van der Waals surface area contributed by atoms with E-state index in [0.29, 0.717) is 12.5 Å². The highest BCUT2D eigenvalue weighted by molar-refractivity contribution is 7.21. The van der Waals surface area contributed by atoms with Gasteiger partial charge in [-0.2, -0.15) is 0 Å². The summed E-state index contributed by atoms with van der Waals surface area (Å²) in [4.78, 5) is 19.7. The van der Waals surface area contributed by atoms with Crippen molar-refractivity contribution in [1.82, 2.24) is 10.3 Å². The molecule has 7 heteroatoms. The normalized spacial score (nSPS) is 14.3. The summed E-state index contributed by atoms with van der Waals surface area (Å²) in [5.41, 5.74) is 4.84. The van der Waals surface area contributed by atoms with Gasteiger partial charge in [0.25, 0.3) is 0 Å². The molecule has 1 fully saturated rings. The Balaban J connectivity index is 1.19. The van der Waals surface area contributed by atoms with Crippen LogP contribution in [0, 0.1) is 5.92 Å². The van der Waals surface area contributed by atoms with Crippen LogP contribution >= 0.6 is 11.3 Å². The molecule has 6 nitrogen and oxygen atoms in total. The van der Waals surface area contributed by atoms with Crippen molar-refractivity contribution in [2.24, 2.45) is 5.92 Å². The maximum absolute atomic E-state index is 12.6. The van der Waals surface area contributed by atoms with Crippen molar-refractivity contribution < 1.29 is 9.90 Å². The van der Waals surface area contributed by atoms with E-state index in [4.69, 9.17) is 4.98 Å². The zero-order valence-corrected chi connectivity index (χ0v) is 19.7. The van der Waals surface area contributed by atoms with Crippen LogP contribution in [0.3, 0.4) is 0 Å². The summed E-state index contributed by atoms with van der Waals surface area (Å²) in [5.74, 6) is 0.429. The second kappa shape index (κ2) is 10.2. The molecule has 1 aliphatic rings. The molecule has 5 rings (SSSR count). The predicted molar refractivity (Wildman–Crippen MR) is 139 cm³/mol. The van der Waals surface area contributed by atoms with E-state index in [1.807, 2.05) is 42.5 Å². The van der Waals surface area contributed by atoms with Crippen molar-refractivity contribution in [1.29, 1.82) is 0 Å². The number of hydrogen-bond acceptors (Lipinski definition) is 5. The number of hydrogen-bond donors (Lipinski definition) is 3. The number of para-hydroxylation sites is 2. The summed E-state index contributed by atoms with van der Waals surface area (Å²) in [7, 11) is 0. The number of nitrogens with zero attached hydrogens (tertiary/aromatic N) is 2. The van der Waals surface area contributed by atoms with E-state index in [2.05, 4.69) is 45.9 Å². The van der Waals surface area contributed by atoms with Gasteiger partial charge in [0.05, 0.1) is 15.9 Å². The highest BCUT2D eigenvalue weighted by Gasteiger charge is 2.18. The Kier molecular flexibility index (Phi) is 6.74. The van der Waals surface area contributed by atoms with E-state index >= 15 is 0 Å². The summed E-state index contributed by atoms with van der Waals surface area (Å²) < 4.78 is 1.12. The van der Waals surface area contributed by atoms with Gasteiger partial charge in [-0.15, -0.1) is 11.3 Å². The van der Waals surface area contributed by atoms with E-state index in [0.717, 1.165) is 58.0 Å². The van der Waals surface area contributed by atoms with E-state index in [1.54, 1.807) is 11.3 Å². The van der Waals surface area contributed by atoms with Crippen LogP contribution in [0.25, 0.3) is 20.8 Å². The van der Waals surface area contributed by atoms with Crippen molar-refractivity contribution in [2.75, 3.05) is 29.9 Å². The lowest BCUT2D eigenvalue weighted by atomic mass is 9.97. The molecule has 2 amide bonds. The number of carbonyl (C=O) groups is 1. The minimum atomic E-state index is -0.247. The number of aliphatic hydroxyl groups excluding tert-OH is 1. The molecule has 0 saturated carbocycles. The molecule has 0 spiro atoms. The summed E-state index contributed by atoms with van der Waals surface area (Å²) in [6.45, 7) is 2.67.